The number of hydrogen-bond acceptors (Lipinski definition) is 2. The highest BCUT2D eigenvalue weighted by Gasteiger charge is 2.19. The van der Waals surface area contributed by atoms with Gasteiger partial charge in [-0.05, 0) is 30.9 Å². The van der Waals surface area contributed by atoms with Crippen molar-refractivity contribution in [2.75, 3.05) is 11.9 Å². The van der Waals surface area contributed by atoms with Gasteiger partial charge in [0, 0.05) is 6.54 Å². The summed E-state index contributed by atoms with van der Waals surface area (Å²) >= 11 is 0. The maximum atomic E-state index is 13.5. The molecule has 5 heteroatoms. The number of anilines is 1. The number of carboxylic acid groups (broad SMARTS) is 1. The van der Waals surface area contributed by atoms with E-state index in [9.17, 15) is 13.6 Å². The summed E-state index contributed by atoms with van der Waals surface area (Å²) in [6.45, 7) is 0.528. The maximum absolute atomic E-state index is 13.5. The molecule has 1 aromatic carbocycles. The molecule has 3 nitrogen and oxygen atoms in total. The Bertz CT molecular complexity index is 421. The number of hydrogen-bond donors (Lipinski definition) is 2. The average Bonchev–Trinajstić information content (AvgIpc) is 2.18. The van der Waals surface area contributed by atoms with E-state index in [4.69, 9.17) is 5.11 Å². The number of nitrogens with one attached hydrogen (secondary N) is 1. The Kier molecular flexibility index (Phi) is 3.26. The molecule has 92 valence electrons. The zero-order valence-corrected chi connectivity index (χ0v) is 9.17. The SMILES string of the molecule is O=C(O)c1cc(F)c(NCC2CCC2)c(F)c1. The van der Waals surface area contributed by atoms with Crippen LogP contribution in [-0.4, -0.2) is 17.6 Å². The van der Waals surface area contributed by atoms with Crippen LogP contribution in [0.15, 0.2) is 12.1 Å². The number of benzene rings is 1. The lowest BCUT2D eigenvalue weighted by atomic mass is 9.85. The first-order valence-corrected chi connectivity index (χ1v) is 5.54. The minimum absolute atomic E-state index is 0.234. The van der Waals surface area contributed by atoms with Crippen molar-refractivity contribution >= 4 is 11.7 Å². The van der Waals surface area contributed by atoms with Gasteiger partial charge in [-0.3, -0.25) is 0 Å². The van der Waals surface area contributed by atoms with Gasteiger partial charge in [0.1, 0.15) is 17.3 Å². The summed E-state index contributed by atoms with van der Waals surface area (Å²) in [6, 6.07) is 1.66. The summed E-state index contributed by atoms with van der Waals surface area (Å²) < 4.78 is 27.0. The molecule has 1 aliphatic rings. The molecule has 0 amide bonds. The van der Waals surface area contributed by atoms with Crippen LogP contribution in [0.1, 0.15) is 29.6 Å². The van der Waals surface area contributed by atoms with Gasteiger partial charge in [0.2, 0.25) is 0 Å². The van der Waals surface area contributed by atoms with Crippen LogP contribution in [0.5, 0.6) is 0 Å². The van der Waals surface area contributed by atoms with Crippen molar-refractivity contribution in [1.29, 1.82) is 0 Å². The van der Waals surface area contributed by atoms with Gasteiger partial charge >= 0.3 is 5.97 Å². The standard InChI is InChI=1S/C12H13F2NO2/c13-9-4-8(12(16)17)5-10(14)11(9)15-6-7-2-1-3-7/h4-5,7,15H,1-3,6H2,(H,16,17). The van der Waals surface area contributed by atoms with Crippen LogP contribution in [-0.2, 0) is 0 Å². The topological polar surface area (TPSA) is 49.3 Å². The third kappa shape index (κ3) is 2.54. The van der Waals surface area contributed by atoms with Crippen LogP contribution in [0.2, 0.25) is 0 Å². The molecule has 0 heterocycles. The lowest BCUT2D eigenvalue weighted by Crippen LogP contribution is -2.22. The largest absolute Gasteiger partial charge is 0.478 e. The van der Waals surface area contributed by atoms with Crippen molar-refractivity contribution in [3.63, 3.8) is 0 Å². The minimum Gasteiger partial charge on any atom is -0.478 e. The van der Waals surface area contributed by atoms with Crippen molar-refractivity contribution in [3.8, 4) is 0 Å². The van der Waals surface area contributed by atoms with Crippen molar-refractivity contribution in [3.05, 3.63) is 29.3 Å². The zero-order chi connectivity index (χ0) is 12.4. The summed E-state index contributed by atoms with van der Waals surface area (Å²) in [5.41, 5.74) is -0.615. The molecule has 2 rings (SSSR count). The van der Waals surface area contributed by atoms with Gasteiger partial charge in [-0.2, -0.15) is 0 Å². The zero-order valence-electron chi connectivity index (χ0n) is 9.17. The molecule has 1 fully saturated rings. The molecule has 0 aromatic heterocycles. The van der Waals surface area contributed by atoms with E-state index in [1.807, 2.05) is 0 Å². The molecular formula is C12H13F2NO2. The molecule has 0 aliphatic heterocycles. The Hall–Kier alpha value is -1.65. The third-order valence-electron chi connectivity index (χ3n) is 3.08. The molecule has 0 saturated heterocycles. The summed E-state index contributed by atoms with van der Waals surface area (Å²) in [6.07, 6.45) is 3.31. The van der Waals surface area contributed by atoms with E-state index in [0.29, 0.717) is 12.5 Å². The Morgan fingerprint density at radius 1 is 1.35 bits per heavy atom. The number of aromatic carboxylic acids is 1. The molecule has 17 heavy (non-hydrogen) atoms. The number of rotatable bonds is 4. The highest BCUT2D eigenvalue weighted by atomic mass is 19.1. The van der Waals surface area contributed by atoms with Crippen LogP contribution in [0.4, 0.5) is 14.5 Å². The summed E-state index contributed by atoms with van der Waals surface area (Å²) in [7, 11) is 0. The van der Waals surface area contributed by atoms with E-state index in [2.05, 4.69) is 5.32 Å². The molecule has 2 N–H and O–H groups in total. The van der Waals surface area contributed by atoms with Gasteiger partial charge in [0.25, 0.3) is 0 Å². The molecule has 1 saturated carbocycles. The van der Waals surface area contributed by atoms with Crippen LogP contribution in [0.3, 0.4) is 0 Å². The predicted molar refractivity (Wildman–Crippen MR) is 59.1 cm³/mol. The van der Waals surface area contributed by atoms with Crippen molar-refractivity contribution in [2.45, 2.75) is 19.3 Å². The Labute approximate surface area is 97.5 Å². The monoisotopic (exact) mass is 241 g/mol. The van der Waals surface area contributed by atoms with Gasteiger partial charge in [0.15, 0.2) is 0 Å². The van der Waals surface area contributed by atoms with Crippen LogP contribution < -0.4 is 5.32 Å². The fourth-order valence-corrected chi connectivity index (χ4v) is 1.81. The van der Waals surface area contributed by atoms with Crippen molar-refractivity contribution in [2.24, 2.45) is 5.92 Å². The second-order valence-electron chi connectivity index (χ2n) is 4.30. The summed E-state index contributed by atoms with van der Waals surface area (Å²) in [5.74, 6) is -2.59. The highest BCUT2D eigenvalue weighted by Crippen LogP contribution is 2.28. The fourth-order valence-electron chi connectivity index (χ4n) is 1.81. The van der Waals surface area contributed by atoms with Crippen LogP contribution in [0.25, 0.3) is 0 Å². The van der Waals surface area contributed by atoms with E-state index in [1.165, 1.54) is 0 Å². The summed E-state index contributed by atoms with van der Waals surface area (Å²) in [4.78, 5) is 10.6. The average molecular weight is 241 g/mol. The molecule has 0 unspecified atom stereocenters. The Balaban J connectivity index is 2.12. The van der Waals surface area contributed by atoms with Gasteiger partial charge in [-0.25, -0.2) is 13.6 Å². The van der Waals surface area contributed by atoms with Gasteiger partial charge in [-0.15, -0.1) is 0 Å². The second kappa shape index (κ2) is 4.69. The van der Waals surface area contributed by atoms with Gasteiger partial charge < -0.3 is 10.4 Å². The van der Waals surface area contributed by atoms with Gasteiger partial charge in [0.05, 0.1) is 5.56 Å². The number of carboxylic acids is 1. The third-order valence-corrected chi connectivity index (χ3v) is 3.08. The molecule has 0 spiro atoms. The first kappa shape index (κ1) is 11.8. The van der Waals surface area contributed by atoms with Crippen molar-refractivity contribution in [1.82, 2.24) is 0 Å². The van der Waals surface area contributed by atoms with E-state index in [-0.39, 0.29) is 11.3 Å². The normalized spacial score (nSPS) is 15.4. The second-order valence-corrected chi connectivity index (χ2v) is 4.30. The first-order valence-electron chi connectivity index (χ1n) is 5.54. The molecule has 1 aliphatic carbocycles. The number of carbonyl (C=O) groups is 1. The quantitative estimate of drug-likeness (QED) is 0.852. The van der Waals surface area contributed by atoms with E-state index < -0.39 is 17.6 Å². The maximum Gasteiger partial charge on any atom is 0.335 e. The highest BCUT2D eigenvalue weighted by molar-refractivity contribution is 5.88. The molecule has 1 aromatic rings. The minimum atomic E-state index is -1.34. The molecular weight excluding hydrogens is 228 g/mol. The Morgan fingerprint density at radius 2 is 1.94 bits per heavy atom. The van der Waals surface area contributed by atoms with Gasteiger partial charge in [-0.1, -0.05) is 6.42 Å². The van der Waals surface area contributed by atoms with E-state index in [1.54, 1.807) is 0 Å². The summed E-state index contributed by atoms with van der Waals surface area (Å²) in [5, 5.41) is 11.3. The fraction of sp³-hybridized carbons (Fsp3) is 0.417. The van der Waals surface area contributed by atoms with Crippen LogP contribution in [0, 0.1) is 17.6 Å². The van der Waals surface area contributed by atoms with E-state index >= 15 is 0 Å². The molecule has 0 atom stereocenters. The smallest absolute Gasteiger partial charge is 0.335 e. The van der Waals surface area contributed by atoms with E-state index in [0.717, 1.165) is 31.4 Å². The Morgan fingerprint density at radius 3 is 2.35 bits per heavy atom. The predicted octanol–water partition coefficient (Wildman–Crippen LogP) is 2.88. The number of halogens is 2. The van der Waals surface area contributed by atoms with Crippen molar-refractivity contribution < 1.29 is 18.7 Å². The van der Waals surface area contributed by atoms with Crippen LogP contribution >= 0.6 is 0 Å². The lowest BCUT2D eigenvalue weighted by Gasteiger charge is -2.26. The molecule has 0 radical (unpaired) electrons. The lowest BCUT2D eigenvalue weighted by molar-refractivity contribution is 0.0696. The molecule has 0 bridgehead atoms. The first-order chi connectivity index (χ1) is 8.08.